The Kier molecular flexibility index (Phi) is 5.45. The first kappa shape index (κ1) is 13.8. The van der Waals surface area contributed by atoms with E-state index in [1.165, 1.54) is 12.8 Å². The fraction of sp³-hybridized carbons (Fsp3) is 0.929. The summed E-state index contributed by atoms with van der Waals surface area (Å²) in [6.07, 6.45) is 7.46. The monoisotopic (exact) mass is 254 g/mol. The molecule has 4 nitrogen and oxygen atoms in total. The van der Waals surface area contributed by atoms with E-state index in [2.05, 4.69) is 17.6 Å². The molecule has 0 aromatic rings. The van der Waals surface area contributed by atoms with Crippen LogP contribution in [0.2, 0.25) is 0 Å². The Labute approximate surface area is 110 Å². The van der Waals surface area contributed by atoms with E-state index in [0.29, 0.717) is 24.6 Å². The quantitative estimate of drug-likeness (QED) is 0.801. The van der Waals surface area contributed by atoms with Gasteiger partial charge >= 0.3 is 0 Å². The zero-order valence-electron chi connectivity index (χ0n) is 11.4. The highest BCUT2D eigenvalue weighted by molar-refractivity contribution is 5.76. The molecule has 4 heteroatoms. The molecule has 0 aromatic carbocycles. The second-order valence-corrected chi connectivity index (χ2v) is 5.67. The summed E-state index contributed by atoms with van der Waals surface area (Å²) < 4.78 is 5.65. The minimum Gasteiger partial charge on any atom is -0.378 e. The molecule has 0 bridgehead atoms. The van der Waals surface area contributed by atoms with Crippen LogP contribution in [0.15, 0.2) is 0 Å². The van der Waals surface area contributed by atoms with E-state index >= 15 is 0 Å². The van der Waals surface area contributed by atoms with Gasteiger partial charge in [0.25, 0.3) is 0 Å². The van der Waals surface area contributed by atoms with Crippen molar-refractivity contribution in [3.8, 4) is 0 Å². The average Bonchev–Trinajstić information content (AvgIpc) is 2.38. The zero-order valence-corrected chi connectivity index (χ0v) is 11.4. The molecule has 0 aromatic heterocycles. The van der Waals surface area contributed by atoms with Gasteiger partial charge in [-0.15, -0.1) is 0 Å². The molecule has 2 fully saturated rings. The largest absolute Gasteiger partial charge is 0.378 e. The second kappa shape index (κ2) is 7.10. The van der Waals surface area contributed by atoms with Gasteiger partial charge in [0.2, 0.25) is 5.91 Å². The number of amides is 1. The van der Waals surface area contributed by atoms with Crippen LogP contribution >= 0.6 is 0 Å². The van der Waals surface area contributed by atoms with Crippen molar-refractivity contribution in [2.75, 3.05) is 13.2 Å². The normalized spacial score (nSPS) is 33.1. The van der Waals surface area contributed by atoms with Crippen molar-refractivity contribution in [1.82, 2.24) is 10.6 Å². The van der Waals surface area contributed by atoms with Crippen molar-refractivity contribution >= 4 is 5.91 Å². The van der Waals surface area contributed by atoms with Crippen LogP contribution in [0, 0.1) is 0 Å². The molecule has 0 aliphatic carbocycles. The first-order chi connectivity index (χ1) is 8.74. The van der Waals surface area contributed by atoms with Crippen LogP contribution < -0.4 is 10.6 Å². The smallest absolute Gasteiger partial charge is 0.220 e. The van der Waals surface area contributed by atoms with Crippen molar-refractivity contribution in [2.24, 2.45) is 0 Å². The molecule has 3 unspecified atom stereocenters. The van der Waals surface area contributed by atoms with Crippen LogP contribution in [0.1, 0.15) is 51.9 Å². The number of carbonyl (C=O) groups is 1. The van der Waals surface area contributed by atoms with Crippen molar-refractivity contribution in [1.29, 1.82) is 0 Å². The third-order valence-corrected chi connectivity index (χ3v) is 3.96. The number of nitrogens with one attached hydrogen (secondary N) is 2. The predicted molar refractivity (Wildman–Crippen MR) is 71.5 cm³/mol. The first-order valence-electron chi connectivity index (χ1n) is 7.38. The first-order valence-corrected chi connectivity index (χ1v) is 7.38. The molecule has 2 aliphatic heterocycles. The number of hydrogen-bond acceptors (Lipinski definition) is 3. The Morgan fingerprint density at radius 2 is 2.28 bits per heavy atom. The highest BCUT2D eigenvalue weighted by Crippen LogP contribution is 2.17. The van der Waals surface area contributed by atoms with Crippen molar-refractivity contribution in [3.63, 3.8) is 0 Å². The third kappa shape index (κ3) is 4.58. The predicted octanol–water partition coefficient (Wildman–Crippen LogP) is 1.59. The van der Waals surface area contributed by atoms with E-state index in [4.69, 9.17) is 4.74 Å². The fourth-order valence-corrected chi connectivity index (χ4v) is 2.89. The van der Waals surface area contributed by atoms with E-state index in [-0.39, 0.29) is 5.91 Å². The summed E-state index contributed by atoms with van der Waals surface area (Å²) in [5, 5.41) is 6.55. The summed E-state index contributed by atoms with van der Waals surface area (Å²) in [7, 11) is 0. The molecule has 0 saturated carbocycles. The van der Waals surface area contributed by atoms with Crippen LogP contribution in [-0.4, -0.2) is 37.2 Å². The molecule has 3 atom stereocenters. The summed E-state index contributed by atoms with van der Waals surface area (Å²) >= 11 is 0. The number of carbonyl (C=O) groups excluding carboxylic acids is 1. The topological polar surface area (TPSA) is 50.4 Å². The molecule has 0 radical (unpaired) electrons. The molecule has 2 N–H and O–H groups in total. The lowest BCUT2D eigenvalue weighted by Gasteiger charge is -2.29. The lowest BCUT2D eigenvalue weighted by molar-refractivity contribution is -0.123. The minimum absolute atomic E-state index is 0.197. The van der Waals surface area contributed by atoms with E-state index in [9.17, 15) is 4.79 Å². The molecule has 2 rings (SSSR count). The van der Waals surface area contributed by atoms with Crippen molar-refractivity contribution in [3.05, 3.63) is 0 Å². The summed E-state index contributed by atoms with van der Waals surface area (Å²) in [4.78, 5) is 11.9. The van der Waals surface area contributed by atoms with Gasteiger partial charge in [-0.3, -0.25) is 4.79 Å². The Balaban J connectivity index is 1.62. The Hall–Kier alpha value is -0.610. The maximum atomic E-state index is 11.9. The van der Waals surface area contributed by atoms with Gasteiger partial charge in [0, 0.05) is 25.1 Å². The highest BCUT2D eigenvalue weighted by Gasteiger charge is 2.21. The average molecular weight is 254 g/mol. The molecular weight excluding hydrogens is 228 g/mol. The highest BCUT2D eigenvalue weighted by atomic mass is 16.5. The van der Waals surface area contributed by atoms with Crippen molar-refractivity contribution in [2.45, 2.75) is 70.1 Å². The van der Waals surface area contributed by atoms with Crippen LogP contribution in [-0.2, 0) is 9.53 Å². The van der Waals surface area contributed by atoms with Crippen LogP contribution in [0.3, 0.4) is 0 Å². The fourth-order valence-electron chi connectivity index (χ4n) is 2.89. The molecule has 104 valence electrons. The number of rotatable bonds is 4. The minimum atomic E-state index is 0.197. The summed E-state index contributed by atoms with van der Waals surface area (Å²) in [5.74, 6) is 0.197. The lowest BCUT2D eigenvalue weighted by Crippen LogP contribution is -2.46. The summed E-state index contributed by atoms with van der Waals surface area (Å²) in [6.45, 7) is 4.06. The van der Waals surface area contributed by atoms with Gasteiger partial charge in [0.1, 0.15) is 0 Å². The van der Waals surface area contributed by atoms with Crippen molar-refractivity contribution < 1.29 is 9.53 Å². The number of piperidine rings is 1. The van der Waals surface area contributed by atoms with Gasteiger partial charge in [0.15, 0.2) is 0 Å². The molecule has 18 heavy (non-hydrogen) atoms. The molecule has 1 amide bonds. The maximum absolute atomic E-state index is 11.9. The van der Waals surface area contributed by atoms with E-state index in [1.807, 2.05) is 0 Å². The Bertz CT molecular complexity index is 265. The Morgan fingerprint density at radius 3 is 3.00 bits per heavy atom. The van der Waals surface area contributed by atoms with Crippen LogP contribution in [0.25, 0.3) is 0 Å². The third-order valence-electron chi connectivity index (χ3n) is 3.96. The summed E-state index contributed by atoms with van der Waals surface area (Å²) in [5.41, 5.74) is 0. The van der Waals surface area contributed by atoms with Gasteiger partial charge in [-0.25, -0.2) is 0 Å². The second-order valence-electron chi connectivity index (χ2n) is 5.67. The molecule has 2 heterocycles. The van der Waals surface area contributed by atoms with Crippen LogP contribution in [0.5, 0.6) is 0 Å². The SMILES string of the molecule is CC1CC(NC(=O)CCC2CCCCO2)CCN1. The van der Waals surface area contributed by atoms with E-state index in [0.717, 1.165) is 38.8 Å². The van der Waals surface area contributed by atoms with Crippen LogP contribution in [0.4, 0.5) is 0 Å². The van der Waals surface area contributed by atoms with Gasteiger partial charge in [-0.2, -0.15) is 0 Å². The molecule has 2 aliphatic rings. The van der Waals surface area contributed by atoms with Gasteiger partial charge in [0.05, 0.1) is 6.10 Å². The molecule has 2 saturated heterocycles. The standard InChI is InChI=1S/C14H26N2O2/c1-11-10-12(7-8-15-11)16-14(17)6-5-13-4-2-3-9-18-13/h11-13,15H,2-10H2,1H3,(H,16,17). The number of ether oxygens (including phenoxy) is 1. The summed E-state index contributed by atoms with van der Waals surface area (Å²) in [6, 6.07) is 0.881. The van der Waals surface area contributed by atoms with Gasteiger partial charge in [-0.05, 0) is 52.0 Å². The van der Waals surface area contributed by atoms with E-state index < -0.39 is 0 Å². The lowest BCUT2D eigenvalue weighted by atomic mass is 10.00. The van der Waals surface area contributed by atoms with Gasteiger partial charge < -0.3 is 15.4 Å². The van der Waals surface area contributed by atoms with E-state index in [1.54, 1.807) is 0 Å². The molecule has 0 spiro atoms. The number of hydrogen-bond donors (Lipinski definition) is 2. The molecular formula is C14H26N2O2. The Morgan fingerprint density at radius 1 is 1.39 bits per heavy atom. The zero-order chi connectivity index (χ0) is 12.8. The maximum Gasteiger partial charge on any atom is 0.220 e. The van der Waals surface area contributed by atoms with Gasteiger partial charge in [-0.1, -0.05) is 0 Å².